The maximum absolute atomic E-state index is 12.2. The third kappa shape index (κ3) is 4.18. The number of hydrogen-bond acceptors (Lipinski definition) is 6. The van der Waals surface area contributed by atoms with Crippen molar-refractivity contribution in [2.24, 2.45) is 5.92 Å². The van der Waals surface area contributed by atoms with E-state index in [9.17, 15) is 19.2 Å². The van der Waals surface area contributed by atoms with E-state index in [2.05, 4.69) is 5.32 Å². The van der Waals surface area contributed by atoms with Crippen molar-refractivity contribution >= 4 is 29.5 Å². The van der Waals surface area contributed by atoms with Crippen molar-refractivity contribution in [3.8, 4) is 5.75 Å². The predicted molar refractivity (Wildman–Crippen MR) is 94.1 cm³/mol. The lowest BCUT2D eigenvalue weighted by molar-refractivity contribution is -0.154. The first-order valence-corrected chi connectivity index (χ1v) is 8.77. The number of hydrogen-bond donors (Lipinski definition) is 1. The summed E-state index contributed by atoms with van der Waals surface area (Å²) in [6.45, 7) is 2.74. The highest BCUT2D eigenvalue weighted by atomic mass is 16.5. The minimum absolute atomic E-state index is 0.0183. The fourth-order valence-corrected chi connectivity index (χ4v) is 3.04. The Bertz CT molecular complexity index is 748. The highest BCUT2D eigenvalue weighted by Gasteiger charge is 2.37. The summed E-state index contributed by atoms with van der Waals surface area (Å²) in [6.07, 6.45) is 0.0183. The van der Waals surface area contributed by atoms with Gasteiger partial charge in [-0.15, -0.1) is 0 Å². The molecular formula is C18H21N3O6. The molecule has 9 heteroatoms. The maximum Gasteiger partial charge on any atom is 0.324 e. The van der Waals surface area contributed by atoms with Gasteiger partial charge in [0, 0.05) is 31.7 Å². The van der Waals surface area contributed by atoms with E-state index in [1.54, 1.807) is 24.3 Å². The van der Waals surface area contributed by atoms with E-state index in [1.807, 2.05) is 6.92 Å². The van der Waals surface area contributed by atoms with Crippen LogP contribution in [0.5, 0.6) is 5.75 Å². The van der Waals surface area contributed by atoms with E-state index < -0.39 is 30.4 Å². The summed E-state index contributed by atoms with van der Waals surface area (Å²) in [5.74, 6) is -1.33. The van der Waals surface area contributed by atoms with Crippen molar-refractivity contribution in [3.05, 3.63) is 24.3 Å². The average molecular weight is 375 g/mol. The number of carbonyl (C=O) groups excluding carboxylic acids is 4. The number of benzene rings is 1. The predicted octanol–water partition coefficient (Wildman–Crippen LogP) is 0.533. The fourth-order valence-electron chi connectivity index (χ4n) is 3.04. The van der Waals surface area contributed by atoms with Gasteiger partial charge in [0.25, 0.3) is 5.91 Å². The molecule has 0 unspecified atom stereocenters. The molecule has 144 valence electrons. The number of rotatable bonds is 6. The minimum Gasteiger partial charge on any atom is -0.494 e. The summed E-state index contributed by atoms with van der Waals surface area (Å²) < 4.78 is 10.4. The van der Waals surface area contributed by atoms with Crippen molar-refractivity contribution in [2.45, 2.75) is 13.3 Å². The number of urea groups is 1. The highest BCUT2D eigenvalue weighted by molar-refractivity contribution is 6.00. The second-order valence-electron chi connectivity index (χ2n) is 6.22. The molecule has 1 aromatic rings. The highest BCUT2D eigenvalue weighted by Crippen LogP contribution is 2.27. The van der Waals surface area contributed by atoms with Crippen molar-refractivity contribution in [1.82, 2.24) is 10.2 Å². The van der Waals surface area contributed by atoms with Crippen LogP contribution in [-0.2, 0) is 19.1 Å². The molecule has 0 spiro atoms. The molecule has 0 saturated carbocycles. The summed E-state index contributed by atoms with van der Waals surface area (Å²) in [5, 5.41) is 2.50. The zero-order valence-corrected chi connectivity index (χ0v) is 15.0. The van der Waals surface area contributed by atoms with Crippen LogP contribution < -0.4 is 15.0 Å². The molecule has 2 fully saturated rings. The summed E-state index contributed by atoms with van der Waals surface area (Å²) in [7, 11) is 0. The molecule has 2 aliphatic rings. The lowest BCUT2D eigenvalue weighted by atomic mass is 10.1. The molecule has 3 rings (SSSR count). The SMILES string of the molecule is CCOc1ccc(N2C[C@H](C(=O)OCC(=O)N3CCNC3=O)CC2=O)cc1. The van der Waals surface area contributed by atoms with Crippen LogP contribution in [-0.4, -0.2) is 61.6 Å². The van der Waals surface area contributed by atoms with Gasteiger partial charge >= 0.3 is 12.0 Å². The van der Waals surface area contributed by atoms with E-state index in [-0.39, 0.29) is 25.4 Å². The zero-order valence-electron chi connectivity index (χ0n) is 15.0. The van der Waals surface area contributed by atoms with E-state index in [1.165, 1.54) is 4.90 Å². The van der Waals surface area contributed by atoms with E-state index in [4.69, 9.17) is 9.47 Å². The summed E-state index contributed by atoms with van der Waals surface area (Å²) in [6, 6.07) is 6.54. The molecule has 0 aliphatic carbocycles. The van der Waals surface area contributed by atoms with Crippen LogP contribution in [0, 0.1) is 5.92 Å². The molecule has 0 aromatic heterocycles. The monoisotopic (exact) mass is 375 g/mol. The van der Waals surface area contributed by atoms with Crippen molar-refractivity contribution in [2.75, 3.05) is 37.7 Å². The Balaban J connectivity index is 1.54. The minimum atomic E-state index is -0.649. The van der Waals surface area contributed by atoms with Gasteiger partial charge in [-0.3, -0.25) is 19.3 Å². The Morgan fingerprint density at radius 3 is 2.59 bits per heavy atom. The van der Waals surface area contributed by atoms with Crippen LogP contribution >= 0.6 is 0 Å². The number of imide groups is 1. The molecule has 4 amide bonds. The average Bonchev–Trinajstić information content (AvgIpc) is 3.26. The Morgan fingerprint density at radius 2 is 1.96 bits per heavy atom. The van der Waals surface area contributed by atoms with Crippen molar-refractivity contribution < 1.29 is 28.7 Å². The van der Waals surface area contributed by atoms with Crippen molar-refractivity contribution in [1.29, 1.82) is 0 Å². The third-order valence-corrected chi connectivity index (χ3v) is 4.41. The third-order valence-electron chi connectivity index (χ3n) is 4.41. The molecule has 1 atom stereocenters. The van der Waals surface area contributed by atoms with Gasteiger partial charge in [0.05, 0.1) is 12.5 Å². The van der Waals surface area contributed by atoms with E-state index >= 15 is 0 Å². The number of nitrogens with zero attached hydrogens (tertiary/aromatic N) is 2. The number of anilines is 1. The first kappa shape index (κ1) is 18.7. The van der Waals surface area contributed by atoms with Crippen LogP contribution in [0.3, 0.4) is 0 Å². The zero-order chi connectivity index (χ0) is 19.4. The molecule has 1 N–H and O–H groups in total. The smallest absolute Gasteiger partial charge is 0.324 e. The molecule has 2 heterocycles. The largest absolute Gasteiger partial charge is 0.494 e. The fraction of sp³-hybridized carbons (Fsp3) is 0.444. The van der Waals surface area contributed by atoms with Crippen LogP contribution in [0.1, 0.15) is 13.3 Å². The van der Waals surface area contributed by atoms with Gasteiger partial charge in [0.15, 0.2) is 6.61 Å². The first-order valence-electron chi connectivity index (χ1n) is 8.77. The number of ether oxygens (including phenoxy) is 2. The Labute approximate surface area is 156 Å². The molecule has 2 saturated heterocycles. The van der Waals surface area contributed by atoms with E-state index in [0.717, 1.165) is 4.90 Å². The Kier molecular flexibility index (Phi) is 5.58. The molecular weight excluding hydrogens is 354 g/mol. The molecule has 0 radical (unpaired) electrons. The van der Waals surface area contributed by atoms with Gasteiger partial charge in [-0.1, -0.05) is 0 Å². The van der Waals surface area contributed by atoms with Crippen LogP contribution in [0.2, 0.25) is 0 Å². The lowest BCUT2D eigenvalue weighted by Crippen LogP contribution is -2.38. The van der Waals surface area contributed by atoms with Gasteiger partial charge in [0.1, 0.15) is 5.75 Å². The maximum atomic E-state index is 12.2. The normalized spacial score (nSPS) is 19.2. The number of amides is 4. The van der Waals surface area contributed by atoms with Gasteiger partial charge in [0.2, 0.25) is 5.91 Å². The van der Waals surface area contributed by atoms with Crippen LogP contribution in [0.4, 0.5) is 10.5 Å². The lowest BCUT2D eigenvalue weighted by Gasteiger charge is -2.17. The standard InChI is InChI=1S/C18H21N3O6/c1-2-26-14-5-3-13(4-6-14)21-10-12(9-15(21)22)17(24)27-11-16(23)20-8-7-19-18(20)25/h3-6,12H,2,7-11H2,1H3,(H,19,25)/t12-/m1/s1. The number of carbonyl (C=O) groups is 4. The van der Waals surface area contributed by atoms with E-state index in [0.29, 0.717) is 24.6 Å². The summed E-state index contributed by atoms with van der Waals surface area (Å²) in [5.41, 5.74) is 0.670. The number of esters is 1. The molecule has 2 aliphatic heterocycles. The summed E-state index contributed by atoms with van der Waals surface area (Å²) >= 11 is 0. The Hall–Kier alpha value is -3.10. The first-order chi connectivity index (χ1) is 13.0. The van der Waals surface area contributed by atoms with Crippen LogP contribution in [0.25, 0.3) is 0 Å². The topological polar surface area (TPSA) is 105 Å². The van der Waals surface area contributed by atoms with Gasteiger partial charge in [-0.05, 0) is 31.2 Å². The Morgan fingerprint density at radius 1 is 1.22 bits per heavy atom. The molecule has 1 aromatic carbocycles. The van der Waals surface area contributed by atoms with Gasteiger partial charge < -0.3 is 19.7 Å². The quantitative estimate of drug-likeness (QED) is 0.728. The molecule has 0 bridgehead atoms. The molecule has 9 nitrogen and oxygen atoms in total. The second kappa shape index (κ2) is 8.07. The number of nitrogens with one attached hydrogen (secondary N) is 1. The van der Waals surface area contributed by atoms with Crippen molar-refractivity contribution in [3.63, 3.8) is 0 Å². The molecule has 27 heavy (non-hydrogen) atoms. The second-order valence-corrected chi connectivity index (χ2v) is 6.22. The summed E-state index contributed by atoms with van der Waals surface area (Å²) in [4.78, 5) is 50.3. The van der Waals surface area contributed by atoms with Gasteiger partial charge in [-0.25, -0.2) is 4.79 Å². The van der Waals surface area contributed by atoms with Crippen LogP contribution in [0.15, 0.2) is 24.3 Å². The van der Waals surface area contributed by atoms with Gasteiger partial charge in [-0.2, -0.15) is 0 Å².